The highest BCUT2D eigenvalue weighted by Crippen LogP contribution is 2.37. The van der Waals surface area contributed by atoms with Gasteiger partial charge in [0.05, 0.1) is 23.7 Å². The number of halogens is 1. The van der Waals surface area contributed by atoms with Crippen molar-refractivity contribution in [3.63, 3.8) is 0 Å². The summed E-state index contributed by atoms with van der Waals surface area (Å²) in [7, 11) is -1.46. The van der Waals surface area contributed by atoms with Gasteiger partial charge in [0.25, 0.3) is 0 Å². The van der Waals surface area contributed by atoms with E-state index in [9.17, 15) is 13.2 Å². The van der Waals surface area contributed by atoms with E-state index >= 15 is 0 Å². The monoisotopic (exact) mass is 468 g/mol. The van der Waals surface area contributed by atoms with Crippen LogP contribution in [0.15, 0.2) is 18.2 Å². The smallest absolute Gasteiger partial charge is 0.410 e. The predicted molar refractivity (Wildman–Crippen MR) is 120 cm³/mol. The van der Waals surface area contributed by atoms with Crippen molar-refractivity contribution in [2.45, 2.75) is 52.3 Å². The number of hydrogen-bond donors (Lipinski definition) is 1. The third-order valence-electron chi connectivity index (χ3n) is 5.04. The molecule has 1 N–H and O–H groups in total. The third kappa shape index (κ3) is 5.58. The number of amides is 1. The molecule has 0 spiro atoms. The molecule has 3 rings (SSSR count). The normalized spacial score (nSPS) is 16.9. The van der Waals surface area contributed by atoms with Gasteiger partial charge in [0.15, 0.2) is 0 Å². The fourth-order valence-corrected chi connectivity index (χ4v) is 4.47. The minimum atomic E-state index is -3.32. The van der Waals surface area contributed by atoms with Gasteiger partial charge in [-0.25, -0.2) is 17.9 Å². The van der Waals surface area contributed by atoms with Gasteiger partial charge in [0.2, 0.25) is 10.0 Å². The molecule has 0 bridgehead atoms. The van der Waals surface area contributed by atoms with Gasteiger partial charge in [-0.15, -0.1) is 0 Å². The Morgan fingerprint density at radius 3 is 2.61 bits per heavy atom. The highest BCUT2D eigenvalue weighted by Gasteiger charge is 2.35. The molecule has 1 amide bonds. The lowest BCUT2D eigenvalue weighted by molar-refractivity contribution is 0.0155. The number of carbonyl (C=O) groups excluding carboxylic acids is 1. The first-order chi connectivity index (χ1) is 14.2. The largest absolute Gasteiger partial charge is 0.444 e. The summed E-state index contributed by atoms with van der Waals surface area (Å²) in [6.45, 7) is 8.15. The average Bonchev–Trinajstić information content (AvgIpc) is 2.94. The first-order valence-corrected chi connectivity index (χ1v) is 12.3. The molecule has 1 aliphatic rings. The van der Waals surface area contributed by atoms with Gasteiger partial charge in [-0.1, -0.05) is 11.6 Å². The van der Waals surface area contributed by atoms with Gasteiger partial charge >= 0.3 is 6.09 Å². The number of aryl methyl sites for hydroxylation is 1. The Bertz CT molecular complexity index is 1110. The van der Waals surface area contributed by atoms with Crippen LogP contribution in [0, 0.1) is 0 Å². The van der Waals surface area contributed by atoms with Crippen molar-refractivity contribution >= 4 is 27.7 Å². The molecule has 1 aromatic heterocycles. The lowest BCUT2D eigenvalue weighted by Gasteiger charge is -2.34. The SMILES string of the molecule is CC1c2nn(C)c(-c3cc(Cl)cc(CNS(C)(=O)=O)c3)c2CCN1C(=O)OC(C)(C)C. The summed E-state index contributed by atoms with van der Waals surface area (Å²) in [5.74, 6) is 0. The molecule has 1 aliphatic heterocycles. The van der Waals surface area contributed by atoms with E-state index in [1.165, 1.54) is 0 Å². The Balaban J connectivity index is 1.94. The molecule has 2 aromatic rings. The molecular formula is C21H29ClN4O4S. The van der Waals surface area contributed by atoms with Crippen LogP contribution in [-0.4, -0.2) is 47.6 Å². The third-order valence-corrected chi connectivity index (χ3v) is 5.93. The minimum Gasteiger partial charge on any atom is -0.444 e. The minimum absolute atomic E-state index is 0.148. The number of carbonyl (C=O) groups is 1. The Labute approximate surface area is 188 Å². The van der Waals surface area contributed by atoms with E-state index in [0.717, 1.165) is 34.3 Å². The van der Waals surface area contributed by atoms with E-state index in [-0.39, 0.29) is 18.7 Å². The maximum absolute atomic E-state index is 12.6. The Hall–Kier alpha value is -2.10. The first kappa shape index (κ1) is 23.6. The Morgan fingerprint density at radius 1 is 1.32 bits per heavy atom. The summed E-state index contributed by atoms with van der Waals surface area (Å²) in [5, 5.41) is 5.21. The van der Waals surface area contributed by atoms with Crippen molar-refractivity contribution in [3.8, 4) is 11.3 Å². The number of nitrogens with one attached hydrogen (secondary N) is 1. The van der Waals surface area contributed by atoms with Gasteiger partial charge in [-0.05, 0) is 57.9 Å². The Morgan fingerprint density at radius 2 is 2.00 bits per heavy atom. The highest BCUT2D eigenvalue weighted by atomic mass is 35.5. The van der Waals surface area contributed by atoms with E-state index < -0.39 is 15.6 Å². The number of hydrogen-bond acceptors (Lipinski definition) is 5. The van der Waals surface area contributed by atoms with Crippen molar-refractivity contribution in [1.29, 1.82) is 0 Å². The summed E-state index contributed by atoms with van der Waals surface area (Å²) < 4.78 is 32.7. The first-order valence-electron chi connectivity index (χ1n) is 10.0. The lowest BCUT2D eigenvalue weighted by atomic mass is 9.95. The summed E-state index contributed by atoms with van der Waals surface area (Å²) >= 11 is 6.33. The molecular weight excluding hydrogens is 440 g/mol. The zero-order chi connectivity index (χ0) is 23.1. The molecule has 1 unspecified atom stereocenters. The standard InChI is InChI=1S/C21H29ClN4O4S/c1-13-18-17(7-8-26(13)20(27)30-21(2,3)4)19(25(5)24-18)15-9-14(10-16(22)11-15)12-23-31(6,28)29/h9-11,13,23H,7-8,12H2,1-6H3. The number of nitrogens with zero attached hydrogens (tertiary/aromatic N) is 3. The molecule has 0 saturated heterocycles. The zero-order valence-corrected chi connectivity index (χ0v) is 20.3. The van der Waals surface area contributed by atoms with Gasteiger partial charge in [-0.2, -0.15) is 5.10 Å². The van der Waals surface area contributed by atoms with Crippen molar-refractivity contribution in [3.05, 3.63) is 40.0 Å². The van der Waals surface area contributed by atoms with Crippen molar-refractivity contribution in [2.75, 3.05) is 12.8 Å². The average molecular weight is 469 g/mol. The molecule has 10 heteroatoms. The summed E-state index contributed by atoms with van der Waals surface area (Å²) in [6, 6.07) is 5.25. The zero-order valence-electron chi connectivity index (χ0n) is 18.7. The summed E-state index contributed by atoms with van der Waals surface area (Å²) in [5.41, 5.74) is 3.83. The number of rotatable bonds is 4. The van der Waals surface area contributed by atoms with Gasteiger partial charge < -0.3 is 4.74 Å². The van der Waals surface area contributed by atoms with Gasteiger partial charge in [-0.3, -0.25) is 9.58 Å². The van der Waals surface area contributed by atoms with E-state index in [2.05, 4.69) is 4.72 Å². The number of fused-ring (bicyclic) bond motifs is 1. The van der Waals surface area contributed by atoms with E-state index in [1.807, 2.05) is 46.9 Å². The highest BCUT2D eigenvalue weighted by molar-refractivity contribution is 7.88. The van der Waals surface area contributed by atoms with Crippen LogP contribution in [0.5, 0.6) is 0 Å². The second-order valence-corrected chi connectivity index (χ2v) is 11.1. The summed E-state index contributed by atoms with van der Waals surface area (Å²) in [4.78, 5) is 14.3. The van der Waals surface area contributed by atoms with Crippen LogP contribution in [0.1, 0.15) is 50.6 Å². The van der Waals surface area contributed by atoms with Crippen LogP contribution in [0.4, 0.5) is 4.79 Å². The van der Waals surface area contributed by atoms with Crippen LogP contribution >= 0.6 is 11.6 Å². The van der Waals surface area contributed by atoms with Crippen LogP contribution in [0.3, 0.4) is 0 Å². The predicted octanol–water partition coefficient (Wildman–Crippen LogP) is 3.64. The molecule has 170 valence electrons. The second-order valence-electron chi connectivity index (χ2n) is 8.88. The maximum atomic E-state index is 12.6. The van der Waals surface area contributed by atoms with Crippen LogP contribution in [0.2, 0.25) is 5.02 Å². The van der Waals surface area contributed by atoms with Crippen LogP contribution < -0.4 is 4.72 Å². The van der Waals surface area contributed by atoms with Crippen molar-refractivity contribution in [2.24, 2.45) is 7.05 Å². The van der Waals surface area contributed by atoms with Crippen LogP contribution in [0.25, 0.3) is 11.3 Å². The van der Waals surface area contributed by atoms with Crippen LogP contribution in [-0.2, 0) is 34.8 Å². The Kier molecular flexibility index (Phi) is 6.42. The fourth-order valence-electron chi connectivity index (χ4n) is 3.78. The van der Waals surface area contributed by atoms with E-state index in [4.69, 9.17) is 21.4 Å². The molecule has 0 aliphatic carbocycles. The number of sulfonamides is 1. The lowest BCUT2D eigenvalue weighted by Crippen LogP contribution is -2.42. The maximum Gasteiger partial charge on any atom is 0.410 e. The fraction of sp³-hybridized carbons (Fsp3) is 0.524. The molecule has 2 heterocycles. The molecule has 0 radical (unpaired) electrons. The molecule has 31 heavy (non-hydrogen) atoms. The molecule has 0 saturated carbocycles. The molecule has 1 atom stereocenters. The van der Waals surface area contributed by atoms with Gasteiger partial charge in [0.1, 0.15) is 5.60 Å². The second kappa shape index (κ2) is 8.44. The number of benzene rings is 1. The van der Waals surface area contributed by atoms with E-state index in [0.29, 0.717) is 18.0 Å². The topological polar surface area (TPSA) is 93.5 Å². The molecule has 1 aromatic carbocycles. The van der Waals surface area contributed by atoms with Gasteiger partial charge in [0, 0.05) is 36.3 Å². The van der Waals surface area contributed by atoms with Crippen molar-refractivity contribution < 1.29 is 17.9 Å². The van der Waals surface area contributed by atoms with Crippen molar-refractivity contribution in [1.82, 2.24) is 19.4 Å². The van der Waals surface area contributed by atoms with E-state index in [1.54, 1.807) is 15.6 Å². The molecule has 8 nitrogen and oxygen atoms in total. The molecule has 0 fully saturated rings. The number of ether oxygens (including phenoxy) is 1. The summed E-state index contributed by atoms with van der Waals surface area (Å²) in [6.07, 6.45) is 1.40. The number of aromatic nitrogens is 2. The quantitative estimate of drug-likeness (QED) is 0.739.